The third-order valence-electron chi connectivity index (χ3n) is 6.09. The summed E-state index contributed by atoms with van der Waals surface area (Å²) in [5.74, 6) is 0.752. The molecule has 1 aliphatic rings. The Morgan fingerprint density at radius 3 is 2.56 bits per heavy atom. The van der Waals surface area contributed by atoms with Crippen molar-refractivity contribution in [2.45, 2.75) is 37.6 Å². The van der Waals surface area contributed by atoms with Gasteiger partial charge in [-0.1, -0.05) is 42.5 Å². The van der Waals surface area contributed by atoms with Crippen LogP contribution in [-0.2, 0) is 21.4 Å². The van der Waals surface area contributed by atoms with Crippen molar-refractivity contribution >= 4 is 5.91 Å². The number of ether oxygens (including phenoxy) is 2. The smallest absolute Gasteiger partial charge is 0.245 e. The first-order valence-electron chi connectivity index (χ1n) is 11.1. The molecule has 1 aromatic heterocycles. The predicted molar refractivity (Wildman–Crippen MR) is 119 cm³/mol. The first-order valence-corrected chi connectivity index (χ1v) is 11.1. The second-order valence-corrected chi connectivity index (χ2v) is 8.06. The van der Waals surface area contributed by atoms with Crippen LogP contribution in [0.15, 0.2) is 60.9 Å². The van der Waals surface area contributed by atoms with E-state index in [-0.39, 0.29) is 11.3 Å². The molecule has 3 aromatic rings. The van der Waals surface area contributed by atoms with Crippen molar-refractivity contribution in [1.29, 1.82) is 0 Å². The van der Waals surface area contributed by atoms with Gasteiger partial charge < -0.3 is 14.8 Å². The Hall–Kier alpha value is -3.26. The van der Waals surface area contributed by atoms with Crippen LogP contribution < -0.4 is 10.1 Å². The van der Waals surface area contributed by atoms with Crippen molar-refractivity contribution in [3.63, 3.8) is 0 Å². The highest BCUT2D eigenvalue weighted by atomic mass is 16.5. The fourth-order valence-corrected chi connectivity index (χ4v) is 4.23. The number of hydrogen-bond acceptors (Lipinski definition) is 6. The zero-order valence-electron chi connectivity index (χ0n) is 18.3. The van der Waals surface area contributed by atoms with E-state index in [0.717, 1.165) is 24.2 Å². The lowest BCUT2D eigenvalue weighted by molar-refractivity contribution is -0.125. The Balaban J connectivity index is 1.51. The van der Waals surface area contributed by atoms with Crippen molar-refractivity contribution in [2.24, 2.45) is 0 Å². The van der Waals surface area contributed by atoms with E-state index in [1.54, 1.807) is 0 Å². The number of rotatable bonds is 9. The maximum absolute atomic E-state index is 13.3. The molecule has 0 bridgehead atoms. The lowest BCUT2D eigenvalue weighted by atomic mass is 9.74. The highest BCUT2D eigenvalue weighted by Crippen LogP contribution is 2.35. The summed E-state index contributed by atoms with van der Waals surface area (Å²) < 4.78 is 12.7. The van der Waals surface area contributed by atoms with Gasteiger partial charge in [0.05, 0.1) is 6.61 Å². The van der Waals surface area contributed by atoms with E-state index in [4.69, 9.17) is 9.47 Å². The molecule has 0 aliphatic carbocycles. The number of amides is 1. The fraction of sp³-hybridized carbons (Fsp3) is 0.417. The van der Waals surface area contributed by atoms with E-state index in [1.165, 1.54) is 16.6 Å². The molecule has 32 heavy (non-hydrogen) atoms. The van der Waals surface area contributed by atoms with Crippen molar-refractivity contribution in [2.75, 3.05) is 26.4 Å². The van der Waals surface area contributed by atoms with Crippen LogP contribution in [0.4, 0.5) is 0 Å². The molecule has 1 N–H and O–H groups in total. The van der Waals surface area contributed by atoms with Gasteiger partial charge in [-0.25, -0.2) is 4.68 Å². The Kier molecular flexibility index (Phi) is 7.11. The minimum absolute atomic E-state index is 0.0991. The lowest BCUT2D eigenvalue weighted by Crippen LogP contribution is -2.46. The summed E-state index contributed by atoms with van der Waals surface area (Å²) in [6.45, 7) is 4.47. The summed E-state index contributed by atoms with van der Waals surface area (Å²) in [5.41, 5.74) is 2.05. The molecule has 2 heterocycles. The minimum Gasteiger partial charge on any atom is -0.494 e. The van der Waals surface area contributed by atoms with E-state index >= 15 is 0 Å². The largest absolute Gasteiger partial charge is 0.494 e. The summed E-state index contributed by atoms with van der Waals surface area (Å²) in [6, 6.07) is 17.6. The SMILES string of the molecule is CCOc1ccc(C2(CNC(=O)C(Cc3ccccc3)n3cnnn3)CCOCC2)cc1. The Morgan fingerprint density at radius 2 is 1.91 bits per heavy atom. The Labute approximate surface area is 187 Å². The second-order valence-electron chi connectivity index (χ2n) is 8.06. The van der Waals surface area contributed by atoms with Crippen LogP contribution in [0.3, 0.4) is 0 Å². The topological polar surface area (TPSA) is 91.2 Å². The molecule has 1 amide bonds. The van der Waals surface area contributed by atoms with E-state index in [2.05, 4.69) is 33.0 Å². The zero-order chi connectivity index (χ0) is 22.2. The molecule has 1 atom stereocenters. The van der Waals surface area contributed by atoms with Crippen molar-refractivity contribution in [1.82, 2.24) is 25.5 Å². The first-order chi connectivity index (χ1) is 15.7. The average molecular weight is 436 g/mol. The number of hydrogen-bond donors (Lipinski definition) is 1. The van der Waals surface area contributed by atoms with Crippen LogP contribution in [0.25, 0.3) is 0 Å². The van der Waals surface area contributed by atoms with Crippen LogP contribution in [0, 0.1) is 0 Å². The van der Waals surface area contributed by atoms with Gasteiger partial charge in [0.1, 0.15) is 18.1 Å². The van der Waals surface area contributed by atoms with Crippen LogP contribution in [0.2, 0.25) is 0 Å². The van der Waals surface area contributed by atoms with Crippen molar-refractivity contribution in [3.8, 4) is 5.75 Å². The molecular weight excluding hydrogens is 406 g/mol. The first kappa shape index (κ1) is 22.0. The van der Waals surface area contributed by atoms with Gasteiger partial charge in [-0.3, -0.25) is 4.79 Å². The highest BCUT2D eigenvalue weighted by Gasteiger charge is 2.36. The molecule has 4 rings (SSSR count). The molecule has 168 valence electrons. The number of carbonyl (C=O) groups is 1. The molecule has 1 saturated heterocycles. The normalized spacial score (nSPS) is 16.3. The van der Waals surface area contributed by atoms with Gasteiger partial charge in [0.2, 0.25) is 5.91 Å². The summed E-state index contributed by atoms with van der Waals surface area (Å²) in [7, 11) is 0. The second kappa shape index (κ2) is 10.4. The summed E-state index contributed by atoms with van der Waals surface area (Å²) in [6.07, 6.45) is 3.69. The van der Waals surface area contributed by atoms with Crippen LogP contribution >= 0.6 is 0 Å². The van der Waals surface area contributed by atoms with E-state index in [9.17, 15) is 4.79 Å². The van der Waals surface area contributed by atoms with Gasteiger partial charge in [0.25, 0.3) is 0 Å². The number of aromatic nitrogens is 4. The van der Waals surface area contributed by atoms with Gasteiger partial charge in [0, 0.05) is 31.6 Å². The molecule has 0 saturated carbocycles. The van der Waals surface area contributed by atoms with E-state index < -0.39 is 6.04 Å². The number of benzene rings is 2. The molecule has 1 unspecified atom stereocenters. The molecule has 2 aromatic carbocycles. The standard InChI is InChI=1S/C24H29N5O3/c1-2-32-21-10-8-20(9-11-21)24(12-14-31-15-13-24)17-25-23(30)22(29-18-26-27-28-29)16-19-6-4-3-5-7-19/h3-11,18,22H,2,12-17H2,1H3,(H,25,30). The van der Waals surface area contributed by atoms with Gasteiger partial charge in [0.15, 0.2) is 0 Å². The van der Waals surface area contributed by atoms with Crippen LogP contribution in [-0.4, -0.2) is 52.5 Å². The minimum atomic E-state index is -0.523. The maximum atomic E-state index is 13.3. The van der Waals surface area contributed by atoms with Crippen molar-refractivity contribution in [3.05, 3.63) is 72.1 Å². The molecule has 0 spiro atoms. The average Bonchev–Trinajstić information content (AvgIpc) is 3.38. The molecule has 8 nitrogen and oxygen atoms in total. The number of nitrogens with zero attached hydrogens (tertiary/aromatic N) is 4. The van der Waals surface area contributed by atoms with Gasteiger partial charge >= 0.3 is 0 Å². The summed E-state index contributed by atoms with van der Waals surface area (Å²) in [5, 5.41) is 14.6. The van der Waals surface area contributed by atoms with Crippen molar-refractivity contribution < 1.29 is 14.3 Å². The van der Waals surface area contributed by atoms with Gasteiger partial charge in [-0.05, 0) is 53.5 Å². The molecule has 1 fully saturated rings. The monoisotopic (exact) mass is 435 g/mol. The number of nitrogens with one attached hydrogen (secondary N) is 1. The fourth-order valence-electron chi connectivity index (χ4n) is 4.23. The number of tetrazole rings is 1. The Morgan fingerprint density at radius 1 is 1.16 bits per heavy atom. The Bertz CT molecular complexity index is 971. The third-order valence-corrected chi connectivity index (χ3v) is 6.09. The quantitative estimate of drug-likeness (QED) is 0.556. The van der Waals surface area contributed by atoms with Gasteiger partial charge in [-0.2, -0.15) is 0 Å². The zero-order valence-corrected chi connectivity index (χ0v) is 18.3. The van der Waals surface area contributed by atoms with Crippen LogP contribution in [0.5, 0.6) is 5.75 Å². The van der Waals surface area contributed by atoms with Gasteiger partial charge in [-0.15, -0.1) is 5.10 Å². The molecule has 0 radical (unpaired) electrons. The van der Waals surface area contributed by atoms with E-state index in [0.29, 0.717) is 32.8 Å². The third kappa shape index (κ3) is 5.13. The summed E-state index contributed by atoms with van der Waals surface area (Å²) in [4.78, 5) is 13.3. The molecule has 1 aliphatic heterocycles. The molecule has 8 heteroatoms. The highest BCUT2D eigenvalue weighted by molar-refractivity contribution is 5.80. The predicted octanol–water partition coefficient (Wildman–Crippen LogP) is 2.72. The molecular formula is C24H29N5O3. The van der Waals surface area contributed by atoms with E-state index in [1.807, 2.05) is 49.4 Å². The maximum Gasteiger partial charge on any atom is 0.245 e. The van der Waals surface area contributed by atoms with Crippen LogP contribution in [0.1, 0.15) is 36.9 Å². The number of carbonyl (C=O) groups excluding carboxylic acids is 1. The lowest BCUT2D eigenvalue weighted by Gasteiger charge is -2.38. The summed E-state index contributed by atoms with van der Waals surface area (Å²) >= 11 is 0.